The van der Waals surface area contributed by atoms with Gasteiger partial charge < -0.3 is 39.0 Å². The average molecular weight is 603 g/mol. The fraction of sp³-hybridized carbons (Fsp3) is 0.556. The van der Waals surface area contributed by atoms with Crippen molar-refractivity contribution >= 4 is 34.4 Å². The average Bonchev–Trinajstić information content (AvgIpc) is 3.24. The number of ether oxygens (including phenoxy) is 1. The molecule has 0 saturated carbocycles. The van der Waals surface area contributed by atoms with E-state index in [1.807, 2.05) is 11.9 Å². The number of likely N-dealkylation sites (N-methyl/N-ethyl adjacent to an activating group) is 1. The van der Waals surface area contributed by atoms with Gasteiger partial charge in [0, 0.05) is 44.3 Å². The van der Waals surface area contributed by atoms with Crippen molar-refractivity contribution in [1.82, 2.24) is 14.4 Å². The van der Waals surface area contributed by atoms with Crippen LogP contribution in [0.5, 0.6) is 0 Å². The first kappa shape index (κ1) is 32.3. The molecule has 5 rings (SSSR count). The van der Waals surface area contributed by atoms with Gasteiger partial charge in [-0.2, -0.15) is 0 Å². The Bertz CT molecular complexity index is 1460. The molecular weight excluding hydrogens is 572 g/mol. The number of halogens is 3. The third kappa shape index (κ3) is 5.43. The number of piperazine rings is 1. The Morgan fingerprint density at radius 2 is 1.86 bits per heavy atom. The second kappa shape index (κ2) is 12.5. The van der Waals surface area contributed by atoms with Gasteiger partial charge in [0.2, 0.25) is 11.3 Å². The van der Waals surface area contributed by atoms with Crippen LogP contribution in [0.25, 0.3) is 10.9 Å². The Balaban J connectivity index is 0.00000405. The number of aliphatic hydroxyl groups is 1. The maximum atomic E-state index is 15.8. The Morgan fingerprint density at radius 3 is 2.45 bits per heavy atom. The van der Waals surface area contributed by atoms with Crippen LogP contribution < -0.4 is 45.0 Å². The summed E-state index contributed by atoms with van der Waals surface area (Å²) in [5.41, 5.74) is -2.32. The van der Waals surface area contributed by atoms with Gasteiger partial charge in [0.15, 0.2) is 5.82 Å². The van der Waals surface area contributed by atoms with E-state index in [0.717, 1.165) is 21.7 Å². The Morgan fingerprint density at radius 1 is 1.19 bits per heavy atom. The molecule has 1 unspecified atom stereocenters. The van der Waals surface area contributed by atoms with Crippen LogP contribution in [0.15, 0.2) is 17.1 Å². The number of fused-ring (bicyclic) bond motifs is 2. The number of aliphatic carboxylic acids is 1. The molecule has 0 bridgehead atoms. The minimum absolute atomic E-state index is 0. The van der Waals surface area contributed by atoms with E-state index >= 15 is 8.78 Å². The summed E-state index contributed by atoms with van der Waals surface area (Å²) >= 11 is 0. The minimum atomic E-state index is -1.55. The van der Waals surface area contributed by atoms with Gasteiger partial charge in [0.05, 0.1) is 48.1 Å². The van der Waals surface area contributed by atoms with Gasteiger partial charge in [-0.15, -0.1) is 0 Å². The number of anilines is 1. The summed E-state index contributed by atoms with van der Waals surface area (Å²) in [6.45, 7) is 1.30. The molecule has 3 aliphatic rings. The standard InChI is InChI=1S/C27H31F3N4O7.Na/c1-13(35)19-18-9-14(21(26(38)39)34(18)25(19)37)12-41-27(40)16-11-33(4-3-28)22-15(24(16)36)10-17(29)23(20(22)30)32-7-5-31(2)6-8-32;/h10-11,13-14,18-19,21,35H,3-9,12H2,1-2H3,(H,38,39);/q;+1/p-1/t13-,14?,18-,19-,21+;/m1./s1. The first-order valence-corrected chi connectivity index (χ1v) is 13.4. The second-order valence-electron chi connectivity index (χ2n) is 10.9. The maximum absolute atomic E-state index is 15.8. The van der Waals surface area contributed by atoms with E-state index in [1.165, 1.54) is 11.8 Å². The molecule has 0 aliphatic carbocycles. The zero-order valence-corrected chi connectivity index (χ0v) is 25.5. The second-order valence-corrected chi connectivity index (χ2v) is 10.9. The van der Waals surface area contributed by atoms with Crippen LogP contribution in [0.1, 0.15) is 23.7 Å². The van der Waals surface area contributed by atoms with E-state index in [-0.39, 0.29) is 47.2 Å². The van der Waals surface area contributed by atoms with Gasteiger partial charge in [-0.3, -0.25) is 9.59 Å². The molecule has 15 heteroatoms. The number of rotatable bonds is 8. The van der Waals surface area contributed by atoms with E-state index in [4.69, 9.17) is 4.74 Å². The largest absolute Gasteiger partial charge is 1.00 e. The van der Waals surface area contributed by atoms with Gasteiger partial charge in [0.1, 0.15) is 23.7 Å². The Labute approximate surface area is 261 Å². The van der Waals surface area contributed by atoms with Gasteiger partial charge in [0.25, 0.3) is 0 Å². The monoisotopic (exact) mass is 602 g/mol. The number of β-lactam (4-membered cyclic amide) rings is 1. The van der Waals surface area contributed by atoms with E-state index in [9.17, 15) is 33.8 Å². The van der Waals surface area contributed by atoms with Crippen LogP contribution in [0.3, 0.4) is 0 Å². The van der Waals surface area contributed by atoms with Gasteiger partial charge >= 0.3 is 35.5 Å². The molecule has 3 fully saturated rings. The van der Waals surface area contributed by atoms with E-state index < -0.39 is 95.7 Å². The molecule has 1 aromatic carbocycles. The molecule has 5 atom stereocenters. The molecule has 1 aromatic heterocycles. The summed E-state index contributed by atoms with van der Waals surface area (Å²) in [6.07, 6.45) is 0.0613. The summed E-state index contributed by atoms with van der Waals surface area (Å²) in [6, 6.07) is -1.14. The van der Waals surface area contributed by atoms with Crippen molar-refractivity contribution in [2.45, 2.75) is 38.1 Å². The first-order valence-electron chi connectivity index (χ1n) is 13.4. The molecule has 1 amide bonds. The number of benzene rings is 1. The summed E-state index contributed by atoms with van der Waals surface area (Å²) < 4.78 is 50.8. The molecule has 42 heavy (non-hydrogen) atoms. The number of aromatic nitrogens is 1. The number of aryl methyl sites for hydroxylation is 1. The smallest absolute Gasteiger partial charge is 0.548 e. The summed E-state index contributed by atoms with van der Waals surface area (Å²) in [5.74, 6) is -7.00. The number of hydrogen-bond donors (Lipinski definition) is 1. The maximum Gasteiger partial charge on any atom is 1.00 e. The fourth-order valence-electron chi connectivity index (χ4n) is 6.32. The van der Waals surface area contributed by atoms with E-state index in [2.05, 4.69) is 0 Å². The van der Waals surface area contributed by atoms with Crippen molar-refractivity contribution < 1.29 is 72.1 Å². The molecule has 0 spiro atoms. The molecule has 2 aromatic rings. The fourth-order valence-corrected chi connectivity index (χ4v) is 6.32. The number of hydrogen-bond acceptors (Lipinski definition) is 9. The predicted molar refractivity (Wildman–Crippen MR) is 137 cm³/mol. The molecule has 3 aliphatic heterocycles. The van der Waals surface area contributed by atoms with Gasteiger partial charge in [-0.05, 0) is 26.5 Å². The number of aliphatic hydroxyl groups excluding tert-OH is 1. The third-order valence-corrected chi connectivity index (χ3v) is 8.39. The zero-order valence-electron chi connectivity index (χ0n) is 23.5. The van der Waals surface area contributed by atoms with Crippen LogP contribution in [-0.2, 0) is 20.9 Å². The summed E-state index contributed by atoms with van der Waals surface area (Å²) in [7, 11) is 1.88. The third-order valence-electron chi connectivity index (χ3n) is 8.39. The van der Waals surface area contributed by atoms with E-state index in [0.29, 0.717) is 26.2 Å². The number of amides is 1. The number of carbonyl (C=O) groups is 3. The Hall–Kier alpha value is -2.65. The van der Waals surface area contributed by atoms with Crippen molar-refractivity contribution in [3.8, 4) is 0 Å². The topological polar surface area (TPSA) is 135 Å². The van der Waals surface area contributed by atoms with Crippen molar-refractivity contribution in [3.05, 3.63) is 39.7 Å². The van der Waals surface area contributed by atoms with Gasteiger partial charge in [-0.25, -0.2) is 18.0 Å². The van der Waals surface area contributed by atoms with Crippen molar-refractivity contribution in [2.75, 3.05) is 51.4 Å². The molecule has 1 N–H and O–H groups in total. The number of esters is 1. The first-order chi connectivity index (χ1) is 19.5. The molecule has 0 radical (unpaired) electrons. The normalized spacial score (nSPS) is 24.7. The molecule has 4 heterocycles. The van der Waals surface area contributed by atoms with Crippen LogP contribution in [0, 0.1) is 23.5 Å². The molecule has 11 nitrogen and oxygen atoms in total. The number of carboxylic acid groups (broad SMARTS) is 1. The van der Waals surface area contributed by atoms with Crippen molar-refractivity contribution in [2.24, 2.45) is 11.8 Å². The minimum Gasteiger partial charge on any atom is -0.548 e. The van der Waals surface area contributed by atoms with Crippen LogP contribution in [0.4, 0.5) is 18.9 Å². The van der Waals surface area contributed by atoms with Crippen LogP contribution in [0.2, 0.25) is 0 Å². The van der Waals surface area contributed by atoms with Crippen LogP contribution >= 0.6 is 0 Å². The van der Waals surface area contributed by atoms with Crippen molar-refractivity contribution in [3.63, 3.8) is 0 Å². The summed E-state index contributed by atoms with van der Waals surface area (Å²) in [5, 5.41) is 21.2. The van der Waals surface area contributed by atoms with Crippen LogP contribution in [-0.4, -0.2) is 102 Å². The number of carboxylic acids is 1. The SMILES string of the molecule is C[C@@H](O)[C@H]1C(=O)N2[C@H](C(=O)[O-])C(COC(=O)c3cn(CCF)c4c(F)c(N5CCN(C)CC5)c(F)cc4c3=O)C[C@H]12.[Na+]. The Kier molecular flexibility index (Phi) is 9.62. The molecule has 3 saturated heterocycles. The number of nitrogens with zero attached hydrogens (tertiary/aromatic N) is 4. The number of alkyl halides is 1. The number of carbonyl (C=O) groups excluding carboxylic acids is 3. The zero-order chi connectivity index (χ0) is 29.7. The van der Waals surface area contributed by atoms with E-state index in [1.54, 1.807) is 0 Å². The summed E-state index contributed by atoms with van der Waals surface area (Å²) in [4.78, 5) is 55.1. The number of pyridine rings is 1. The molecular formula is C27H30F3N4NaO7. The quantitative estimate of drug-likeness (QED) is 0.186. The molecule has 222 valence electrons. The predicted octanol–water partition coefficient (Wildman–Crippen LogP) is -3.49. The van der Waals surface area contributed by atoms with Gasteiger partial charge in [-0.1, -0.05) is 0 Å². The van der Waals surface area contributed by atoms with Crippen molar-refractivity contribution in [1.29, 1.82) is 0 Å².